The van der Waals surface area contributed by atoms with Crippen molar-refractivity contribution in [1.82, 2.24) is 9.97 Å². The second kappa shape index (κ2) is 5.15. The summed E-state index contributed by atoms with van der Waals surface area (Å²) >= 11 is 0. The minimum atomic E-state index is -0.484. The fourth-order valence-corrected chi connectivity index (χ4v) is 2.04. The van der Waals surface area contributed by atoms with Crippen LogP contribution < -0.4 is 5.46 Å². The van der Waals surface area contributed by atoms with Gasteiger partial charge in [-0.25, -0.2) is 9.97 Å². The van der Waals surface area contributed by atoms with Gasteiger partial charge in [0.25, 0.3) is 0 Å². The van der Waals surface area contributed by atoms with E-state index in [1.165, 1.54) is 6.33 Å². The Hall–Kier alpha value is -1.45. The van der Waals surface area contributed by atoms with E-state index >= 15 is 0 Å². The van der Waals surface area contributed by atoms with Crippen molar-refractivity contribution >= 4 is 12.6 Å². The van der Waals surface area contributed by atoms with Gasteiger partial charge >= 0.3 is 7.12 Å². The van der Waals surface area contributed by atoms with E-state index in [9.17, 15) is 0 Å². The van der Waals surface area contributed by atoms with Crippen molar-refractivity contribution in [1.29, 1.82) is 5.26 Å². The lowest BCUT2D eigenvalue weighted by Gasteiger charge is -2.32. The van der Waals surface area contributed by atoms with Gasteiger partial charge in [0.15, 0.2) is 0 Å². The Balaban J connectivity index is 2.29. The Bertz CT molecular complexity index is 523. The summed E-state index contributed by atoms with van der Waals surface area (Å²) in [6, 6.07) is 2.22. The molecule has 0 amide bonds. The van der Waals surface area contributed by atoms with Crippen molar-refractivity contribution in [2.75, 3.05) is 0 Å². The van der Waals surface area contributed by atoms with Crippen molar-refractivity contribution in [2.45, 2.75) is 52.2 Å². The summed E-state index contributed by atoms with van der Waals surface area (Å²) < 4.78 is 12.0. The quantitative estimate of drug-likeness (QED) is 0.780. The highest BCUT2D eigenvalue weighted by atomic mass is 16.7. The van der Waals surface area contributed by atoms with Gasteiger partial charge in [-0.15, -0.1) is 0 Å². The van der Waals surface area contributed by atoms with Crippen LogP contribution in [-0.2, 0) is 15.7 Å². The van der Waals surface area contributed by atoms with Crippen molar-refractivity contribution < 1.29 is 9.31 Å². The first kappa shape index (κ1) is 15.0. The number of nitriles is 1. The molecular formula is C14H20BN3O2. The summed E-state index contributed by atoms with van der Waals surface area (Å²) in [4.78, 5) is 8.35. The minimum Gasteiger partial charge on any atom is -0.399 e. The molecule has 5 nitrogen and oxygen atoms in total. The molecule has 0 aliphatic carbocycles. The molecule has 2 heterocycles. The fraction of sp³-hybridized carbons (Fsp3) is 0.643. The number of hydrogen-bond donors (Lipinski definition) is 0. The molecule has 1 fully saturated rings. The van der Waals surface area contributed by atoms with Gasteiger partial charge in [-0.05, 0) is 34.6 Å². The fourth-order valence-electron chi connectivity index (χ4n) is 2.04. The van der Waals surface area contributed by atoms with Gasteiger partial charge in [-0.3, -0.25) is 0 Å². The highest BCUT2D eigenvalue weighted by Gasteiger charge is 2.52. The van der Waals surface area contributed by atoms with Crippen molar-refractivity contribution in [3.63, 3.8) is 0 Å². The predicted octanol–water partition coefficient (Wildman–Crippen LogP) is 1.48. The second-order valence-corrected chi connectivity index (χ2v) is 6.25. The molecule has 0 radical (unpaired) electrons. The zero-order valence-electron chi connectivity index (χ0n) is 12.7. The minimum absolute atomic E-state index is 0.105. The highest BCUT2D eigenvalue weighted by molar-refractivity contribution is 6.62. The Morgan fingerprint density at radius 2 is 1.90 bits per heavy atom. The zero-order chi connectivity index (χ0) is 15.0. The lowest BCUT2D eigenvalue weighted by molar-refractivity contribution is 0.00578. The SMILES string of the molecule is CC(C#N)Cc1ncncc1B1OC(C)(C)C(C)(C)O1. The maximum absolute atomic E-state index is 8.96. The molecule has 1 aromatic heterocycles. The van der Waals surface area contributed by atoms with Crippen LogP contribution in [-0.4, -0.2) is 28.3 Å². The molecule has 0 N–H and O–H groups in total. The molecule has 2 rings (SSSR count). The summed E-state index contributed by atoms with van der Waals surface area (Å²) in [6.07, 6.45) is 3.78. The lowest BCUT2D eigenvalue weighted by Crippen LogP contribution is -2.41. The standard InChI is InChI=1S/C14H20BN3O2/c1-10(7-16)6-12-11(8-17-9-18-12)15-19-13(2,3)14(4,5)20-15/h8-10H,6H2,1-5H3. The maximum atomic E-state index is 8.96. The average molecular weight is 273 g/mol. The summed E-state index contributed by atoms with van der Waals surface area (Å²) in [5.74, 6) is -0.105. The largest absolute Gasteiger partial charge is 0.498 e. The van der Waals surface area contributed by atoms with E-state index in [4.69, 9.17) is 14.6 Å². The van der Waals surface area contributed by atoms with Crippen molar-refractivity contribution in [3.8, 4) is 6.07 Å². The van der Waals surface area contributed by atoms with Gasteiger partial charge in [0, 0.05) is 29.7 Å². The number of rotatable bonds is 3. The topological polar surface area (TPSA) is 68.0 Å². The van der Waals surface area contributed by atoms with Crippen LogP contribution in [0.5, 0.6) is 0 Å². The third-order valence-corrected chi connectivity index (χ3v) is 4.05. The molecule has 1 aliphatic rings. The van der Waals surface area contributed by atoms with E-state index in [2.05, 4.69) is 16.0 Å². The van der Waals surface area contributed by atoms with E-state index < -0.39 is 18.3 Å². The van der Waals surface area contributed by atoms with E-state index in [1.807, 2.05) is 34.6 Å². The van der Waals surface area contributed by atoms with Gasteiger partial charge in [0.05, 0.1) is 17.3 Å². The third-order valence-electron chi connectivity index (χ3n) is 4.05. The Morgan fingerprint density at radius 1 is 1.30 bits per heavy atom. The van der Waals surface area contributed by atoms with Gasteiger partial charge in [-0.1, -0.05) is 0 Å². The normalized spacial score (nSPS) is 21.5. The second-order valence-electron chi connectivity index (χ2n) is 6.25. The third kappa shape index (κ3) is 2.69. The first-order valence-corrected chi connectivity index (χ1v) is 6.81. The lowest BCUT2D eigenvalue weighted by atomic mass is 9.77. The average Bonchev–Trinajstić information content (AvgIpc) is 2.59. The number of aromatic nitrogens is 2. The van der Waals surface area contributed by atoms with E-state index in [0.717, 1.165) is 11.2 Å². The summed E-state index contributed by atoms with van der Waals surface area (Å²) in [5, 5.41) is 8.96. The van der Waals surface area contributed by atoms with Crippen LogP contribution in [0, 0.1) is 17.2 Å². The molecule has 6 heteroatoms. The predicted molar refractivity (Wildman–Crippen MR) is 76.2 cm³/mol. The highest BCUT2D eigenvalue weighted by Crippen LogP contribution is 2.36. The van der Waals surface area contributed by atoms with Crippen LogP contribution >= 0.6 is 0 Å². The molecule has 0 bridgehead atoms. The van der Waals surface area contributed by atoms with E-state index in [1.54, 1.807) is 6.20 Å². The molecule has 1 atom stereocenters. The monoisotopic (exact) mass is 273 g/mol. The Labute approximate surface area is 120 Å². The molecule has 0 saturated carbocycles. The maximum Gasteiger partial charge on any atom is 0.498 e. The van der Waals surface area contributed by atoms with Crippen LogP contribution in [0.15, 0.2) is 12.5 Å². The molecule has 1 unspecified atom stereocenters. The molecule has 106 valence electrons. The van der Waals surface area contributed by atoms with Gasteiger partial charge in [-0.2, -0.15) is 5.26 Å². The Morgan fingerprint density at radius 3 is 2.45 bits per heavy atom. The summed E-state index contributed by atoms with van der Waals surface area (Å²) in [7, 11) is -0.484. The molecule has 1 aliphatic heterocycles. The Kier molecular flexibility index (Phi) is 3.85. The zero-order valence-corrected chi connectivity index (χ0v) is 12.7. The number of nitrogens with zero attached hydrogens (tertiary/aromatic N) is 3. The van der Waals surface area contributed by atoms with Crippen LogP contribution in [0.4, 0.5) is 0 Å². The molecule has 0 aromatic carbocycles. The molecule has 1 saturated heterocycles. The molecule has 0 spiro atoms. The number of hydrogen-bond acceptors (Lipinski definition) is 5. The van der Waals surface area contributed by atoms with Crippen LogP contribution in [0.1, 0.15) is 40.3 Å². The smallest absolute Gasteiger partial charge is 0.399 e. The van der Waals surface area contributed by atoms with E-state index in [0.29, 0.717) is 6.42 Å². The van der Waals surface area contributed by atoms with Gasteiger partial charge in [0.2, 0.25) is 0 Å². The van der Waals surface area contributed by atoms with Crippen LogP contribution in [0.2, 0.25) is 0 Å². The molecule has 1 aromatic rings. The van der Waals surface area contributed by atoms with E-state index in [-0.39, 0.29) is 5.92 Å². The van der Waals surface area contributed by atoms with Crippen LogP contribution in [0.25, 0.3) is 0 Å². The van der Waals surface area contributed by atoms with Crippen LogP contribution in [0.3, 0.4) is 0 Å². The molecule has 20 heavy (non-hydrogen) atoms. The summed E-state index contributed by atoms with van der Waals surface area (Å²) in [5.41, 5.74) is 0.831. The first-order valence-electron chi connectivity index (χ1n) is 6.81. The van der Waals surface area contributed by atoms with Crippen molar-refractivity contribution in [3.05, 3.63) is 18.2 Å². The van der Waals surface area contributed by atoms with Gasteiger partial charge < -0.3 is 9.31 Å². The van der Waals surface area contributed by atoms with Gasteiger partial charge in [0.1, 0.15) is 6.33 Å². The first-order chi connectivity index (χ1) is 9.27. The van der Waals surface area contributed by atoms with Crippen molar-refractivity contribution in [2.24, 2.45) is 5.92 Å². The summed E-state index contributed by atoms with van der Waals surface area (Å²) in [6.45, 7) is 9.90. The molecular weight excluding hydrogens is 253 g/mol.